The molecule has 2 N–H and O–H groups in total. The molecule has 0 aromatic carbocycles. The Bertz CT molecular complexity index is 1730. The molecule has 3 saturated carbocycles. The minimum atomic E-state index is -4.77. The van der Waals surface area contributed by atoms with E-state index in [1.54, 1.807) is 6.92 Å². The molecule has 3 heterocycles. The number of anilines is 1. The normalized spacial score (nSPS) is 17.7. The predicted octanol–water partition coefficient (Wildman–Crippen LogP) is 9.12. The fourth-order valence-electron chi connectivity index (χ4n) is 7.05. The third-order valence-electron chi connectivity index (χ3n) is 9.72. The monoisotopic (exact) mass is 743 g/mol. The van der Waals surface area contributed by atoms with Crippen molar-refractivity contribution in [1.29, 1.82) is 0 Å². The molecule has 2 amide bonds. The van der Waals surface area contributed by atoms with Crippen molar-refractivity contribution in [3.63, 3.8) is 0 Å². The lowest BCUT2D eigenvalue weighted by Crippen LogP contribution is -2.30. The largest absolute Gasteiger partial charge is 0.474 e. The second-order valence-electron chi connectivity index (χ2n) is 13.6. The molecular formula is C37H44F3N5O6S. The van der Waals surface area contributed by atoms with Gasteiger partial charge in [0.2, 0.25) is 5.88 Å². The Morgan fingerprint density at radius 2 is 1.40 bits per heavy atom. The van der Waals surface area contributed by atoms with Gasteiger partial charge in [0, 0.05) is 41.0 Å². The molecule has 0 radical (unpaired) electrons. The standard InChI is InChI=1S/C37H44F3N5O6S/c1-2-41-36(48)45-31-30(35(47)51-25-16-10-5-11-17-25)29(33-44-28(21-52-33)37(38,39)40)27(20-42-31)26-18-22(34(46)50-24-14-8-4-9-15-24)19-43-32(26)49-23-12-6-3-7-13-23/h18-21,23-25H,2-17H2,1H3,(H2,41,42,45,48). The van der Waals surface area contributed by atoms with Crippen LogP contribution in [0.2, 0.25) is 0 Å². The van der Waals surface area contributed by atoms with Crippen LogP contribution in [0, 0.1) is 0 Å². The van der Waals surface area contributed by atoms with Crippen LogP contribution in [-0.4, -0.2) is 57.8 Å². The highest BCUT2D eigenvalue weighted by Gasteiger charge is 2.37. The number of urea groups is 1. The summed E-state index contributed by atoms with van der Waals surface area (Å²) in [6.45, 7) is 1.97. The Labute approximate surface area is 304 Å². The molecule has 3 fully saturated rings. The number of esters is 2. The maximum atomic E-state index is 14.3. The molecular weight excluding hydrogens is 699 g/mol. The summed E-state index contributed by atoms with van der Waals surface area (Å²) in [7, 11) is 0. The van der Waals surface area contributed by atoms with E-state index < -0.39 is 35.9 Å². The average molecular weight is 744 g/mol. The average Bonchev–Trinajstić information content (AvgIpc) is 3.64. The smallest absolute Gasteiger partial charge is 0.434 e. The summed E-state index contributed by atoms with van der Waals surface area (Å²) in [6.07, 6.45) is 10.0. The third-order valence-corrected chi connectivity index (χ3v) is 10.6. The zero-order valence-electron chi connectivity index (χ0n) is 29.2. The second kappa shape index (κ2) is 17.0. The van der Waals surface area contributed by atoms with Crippen LogP contribution in [0.1, 0.15) is 130 Å². The predicted molar refractivity (Wildman–Crippen MR) is 188 cm³/mol. The maximum Gasteiger partial charge on any atom is 0.434 e. The highest BCUT2D eigenvalue weighted by atomic mass is 32.1. The number of thiazole rings is 1. The van der Waals surface area contributed by atoms with Crippen LogP contribution in [0.3, 0.4) is 0 Å². The first-order valence-electron chi connectivity index (χ1n) is 18.3. The van der Waals surface area contributed by atoms with E-state index in [0.29, 0.717) is 24.2 Å². The molecule has 11 nitrogen and oxygen atoms in total. The SMILES string of the molecule is CCNC(=O)Nc1ncc(-c2cc(C(=O)OC3CCCCC3)cnc2OC2CCCCC2)c(-c2nc(C(F)(F)F)cs2)c1C(=O)OC1CCCCC1. The van der Waals surface area contributed by atoms with Gasteiger partial charge in [-0.25, -0.2) is 29.3 Å². The van der Waals surface area contributed by atoms with Gasteiger partial charge in [-0.1, -0.05) is 19.3 Å². The van der Waals surface area contributed by atoms with E-state index >= 15 is 0 Å². The molecule has 0 atom stereocenters. The summed E-state index contributed by atoms with van der Waals surface area (Å²) in [6, 6.07) is 0.841. The molecule has 0 saturated heterocycles. The van der Waals surface area contributed by atoms with Crippen LogP contribution in [-0.2, 0) is 15.7 Å². The van der Waals surface area contributed by atoms with E-state index in [2.05, 4.69) is 25.6 Å². The number of hydrogen-bond acceptors (Lipinski definition) is 10. The van der Waals surface area contributed by atoms with Gasteiger partial charge in [0.25, 0.3) is 0 Å². The van der Waals surface area contributed by atoms with E-state index in [1.807, 2.05) is 0 Å². The lowest BCUT2D eigenvalue weighted by molar-refractivity contribution is -0.140. The van der Waals surface area contributed by atoms with Crippen LogP contribution in [0.25, 0.3) is 21.7 Å². The molecule has 3 aliphatic rings. The van der Waals surface area contributed by atoms with Gasteiger partial charge in [-0.3, -0.25) is 5.32 Å². The third kappa shape index (κ3) is 9.20. The Morgan fingerprint density at radius 1 is 0.808 bits per heavy atom. The van der Waals surface area contributed by atoms with Crippen LogP contribution >= 0.6 is 11.3 Å². The van der Waals surface area contributed by atoms with Gasteiger partial charge in [0.15, 0.2) is 5.69 Å². The number of alkyl halides is 3. The molecule has 3 aromatic rings. The number of nitrogens with zero attached hydrogens (tertiary/aromatic N) is 3. The fourth-order valence-corrected chi connectivity index (χ4v) is 7.94. The van der Waals surface area contributed by atoms with Crippen molar-refractivity contribution in [2.75, 3.05) is 11.9 Å². The number of pyridine rings is 2. The van der Waals surface area contributed by atoms with Crippen LogP contribution in [0.5, 0.6) is 5.88 Å². The van der Waals surface area contributed by atoms with Crippen LogP contribution < -0.4 is 15.4 Å². The Hall–Kier alpha value is -4.27. The van der Waals surface area contributed by atoms with Crippen molar-refractivity contribution < 1.29 is 41.8 Å². The van der Waals surface area contributed by atoms with Gasteiger partial charge < -0.3 is 19.5 Å². The van der Waals surface area contributed by atoms with E-state index in [1.165, 1.54) is 18.5 Å². The Balaban J connectivity index is 1.54. The highest BCUT2D eigenvalue weighted by molar-refractivity contribution is 7.13. The number of ether oxygens (including phenoxy) is 3. The van der Waals surface area contributed by atoms with E-state index in [0.717, 1.165) is 88.9 Å². The van der Waals surface area contributed by atoms with E-state index in [4.69, 9.17) is 14.2 Å². The first-order valence-corrected chi connectivity index (χ1v) is 19.2. The summed E-state index contributed by atoms with van der Waals surface area (Å²) < 4.78 is 60.2. The lowest BCUT2D eigenvalue weighted by Gasteiger charge is -2.25. The fraction of sp³-hybridized carbons (Fsp3) is 0.568. The summed E-state index contributed by atoms with van der Waals surface area (Å²) >= 11 is 0.681. The van der Waals surface area contributed by atoms with Crippen LogP contribution in [0.4, 0.5) is 23.8 Å². The number of hydrogen-bond donors (Lipinski definition) is 2. The van der Waals surface area contributed by atoms with Gasteiger partial charge in [0.05, 0.1) is 5.56 Å². The van der Waals surface area contributed by atoms with Crippen LogP contribution in [0.15, 0.2) is 23.8 Å². The van der Waals surface area contributed by atoms with Crippen molar-refractivity contribution in [2.45, 2.75) is 128 Å². The Morgan fingerprint density at radius 3 is 1.98 bits per heavy atom. The minimum absolute atomic E-state index is 0.0591. The molecule has 15 heteroatoms. The molecule has 0 unspecified atom stereocenters. The van der Waals surface area contributed by atoms with Gasteiger partial charge in [-0.2, -0.15) is 13.2 Å². The Kier molecular flexibility index (Phi) is 12.3. The number of rotatable bonds is 10. The molecule has 0 bridgehead atoms. The zero-order valence-corrected chi connectivity index (χ0v) is 30.0. The molecule has 52 heavy (non-hydrogen) atoms. The first kappa shape index (κ1) is 37.5. The van der Waals surface area contributed by atoms with E-state index in [-0.39, 0.29) is 63.3 Å². The minimum Gasteiger partial charge on any atom is -0.474 e. The summed E-state index contributed by atoms with van der Waals surface area (Å²) in [5, 5.41) is 5.87. The van der Waals surface area contributed by atoms with Crippen molar-refractivity contribution in [2.24, 2.45) is 0 Å². The molecule has 6 rings (SSSR count). The molecule has 0 aliphatic heterocycles. The number of halogens is 3. The lowest BCUT2D eigenvalue weighted by atomic mass is 9.95. The van der Waals surface area contributed by atoms with Crippen molar-refractivity contribution in [1.82, 2.24) is 20.3 Å². The van der Waals surface area contributed by atoms with Gasteiger partial charge in [0.1, 0.15) is 34.7 Å². The van der Waals surface area contributed by atoms with Crippen molar-refractivity contribution in [3.05, 3.63) is 40.7 Å². The number of aromatic nitrogens is 3. The summed E-state index contributed by atoms with van der Waals surface area (Å²) in [5.74, 6) is -1.57. The topological polar surface area (TPSA) is 142 Å². The molecule has 0 spiro atoms. The zero-order chi connectivity index (χ0) is 36.7. The van der Waals surface area contributed by atoms with E-state index in [9.17, 15) is 27.6 Å². The van der Waals surface area contributed by atoms with Gasteiger partial charge in [-0.05, 0) is 90.0 Å². The van der Waals surface area contributed by atoms with Gasteiger partial charge in [-0.15, -0.1) is 11.3 Å². The van der Waals surface area contributed by atoms with Crippen molar-refractivity contribution in [3.8, 4) is 27.6 Å². The molecule has 280 valence electrons. The number of carbonyl (C=O) groups excluding carboxylic acids is 3. The second-order valence-corrected chi connectivity index (χ2v) is 14.4. The van der Waals surface area contributed by atoms with Gasteiger partial charge >= 0.3 is 24.1 Å². The molecule has 3 aromatic heterocycles. The first-order chi connectivity index (χ1) is 25.1. The number of amides is 2. The van der Waals surface area contributed by atoms with Crippen molar-refractivity contribution >= 4 is 35.1 Å². The maximum absolute atomic E-state index is 14.3. The summed E-state index contributed by atoms with van der Waals surface area (Å²) in [4.78, 5) is 53.6. The number of nitrogens with one attached hydrogen (secondary N) is 2. The summed E-state index contributed by atoms with van der Waals surface area (Å²) in [5.41, 5.74) is -1.03. The quantitative estimate of drug-likeness (QED) is 0.195. The number of carbonyl (C=O) groups is 3. The highest BCUT2D eigenvalue weighted by Crippen LogP contribution is 2.44. The molecule has 3 aliphatic carbocycles.